The third-order valence-electron chi connectivity index (χ3n) is 2.88. The zero-order valence-electron chi connectivity index (χ0n) is 11.3. The molecule has 0 saturated heterocycles. The fourth-order valence-corrected chi connectivity index (χ4v) is 1.78. The van der Waals surface area contributed by atoms with E-state index < -0.39 is 17.6 Å². The molecule has 0 N–H and O–H groups in total. The standard InChI is InChI=1S/C15H20F2O2/c1-2-3-4-5-6-7-10-19-15(18)13-11-12(16)8-9-14(13)17/h8-9,11H,2-7,10H2,1H3. The minimum Gasteiger partial charge on any atom is -0.462 e. The lowest BCUT2D eigenvalue weighted by molar-refractivity contribution is 0.0491. The van der Waals surface area contributed by atoms with Gasteiger partial charge in [0.25, 0.3) is 0 Å². The lowest BCUT2D eigenvalue weighted by Crippen LogP contribution is -2.09. The van der Waals surface area contributed by atoms with E-state index in [9.17, 15) is 13.6 Å². The van der Waals surface area contributed by atoms with Gasteiger partial charge in [0.2, 0.25) is 0 Å². The molecule has 0 aliphatic heterocycles. The minimum absolute atomic E-state index is 0.251. The van der Waals surface area contributed by atoms with E-state index in [4.69, 9.17) is 4.74 Å². The number of benzene rings is 1. The maximum absolute atomic E-state index is 13.3. The van der Waals surface area contributed by atoms with Crippen molar-refractivity contribution in [1.82, 2.24) is 0 Å². The SMILES string of the molecule is CCCCCCCCOC(=O)c1cc(F)ccc1F. The van der Waals surface area contributed by atoms with Crippen molar-refractivity contribution in [2.45, 2.75) is 45.4 Å². The second kappa shape index (κ2) is 8.62. The van der Waals surface area contributed by atoms with Crippen molar-refractivity contribution in [2.75, 3.05) is 6.61 Å². The Labute approximate surface area is 112 Å². The predicted molar refractivity (Wildman–Crippen MR) is 70.0 cm³/mol. The van der Waals surface area contributed by atoms with Gasteiger partial charge in [0.15, 0.2) is 0 Å². The maximum Gasteiger partial charge on any atom is 0.341 e. The summed E-state index contributed by atoms with van der Waals surface area (Å²) in [7, 11) is 0. The van der Waals surface area contributed by atoms with E-state index in [0.29, 0.717) is 0 Å². The highest BCUT2D eigenvalue weighted by molar-refractivity contribution is 5.89. The normalized spacial score (nSPS) is 10.5. The third-order valence-corrected chi connectivity index (χ3v) is 2.88. The number of unbranched alkanes of at least 4 members (excludes halogenated alkanes) is 5. The molecular formula is C15H20F2O2. The van der Waals surface area contributed by atoms with Crippen molar-refractivity contribution >= 4 is 5.97 Å². The molecule has 1 aromatic carbocycles. The zero-order chi connectivity index (χ0) is 14.1. The highest BCUT2D eigenvalue weighted by Gasteiger charge is 2.13. The van der Waals surface area contributed by atoms with E-state index in [2.05, 4.69) is 6.92 Å². The van der Waals surface area contributed by atoms with Crippen LogP contribution in [0.4, 0.5) is 8.78 Å². The molecular weight excluding hydrogens is 250 g/mol. The average molecular weight is 270 g/mol. The molecule has 0 heterocycles. The molecule has 19 heavy (non-hydrogen) atoms. The first kappa shape index (κ1) is 15.6. The number of hydrogen-bond acceptors (Lipinski definition) is 2. The van der Waals surface area contributed by atoms with Crippen molar-refractivity contribution < 1.29 is 18.3 Å². The van der Waals surface area contributed by atoms with E-state index in [0.717, 1.165) is 37.5 Å². The molecule has 0 unspecified atom stereocenters. The molecule has 0 radical (unpaired) electrons. The van der Waals surface area contributed by atoms with Crippen LogP contribution in [-0.4, -0.2) is 12.6 Å². The quantitative estimate of drug-likeness (QED) is 0.514. The van der Waals surface area contributed by atoms with Crippen LogP contribution in [0.1, 0.15) is 55.8 Å². The fraction of sp³-hybridized carbons (Fsp3) is 0.533. The summed E-state index contributed by atoms with van der Waals surface area (Å²) in [5, 5.41) is 0. The third kappa shape index (κ3) is 5.81. The van der Waals surface area contributed by atoms with Crippen LogP contribution in [-0.2, 0) is 4.74 Å². The number of carbonyl (C=O) groups excluding carboxylic acids is 1. The first-order chi connectivity index (χ1) is 9.15. The molecule has 1 aromatic rings. The van der Waals surface area contributed by atoms with Gasteiger partial charge in [-0.25, -0.2) is 13.6 Å². The Hall–Kier alpha value is -1.45. The molecule has 0 bridgehead atoms. The van der Waals surface area contributed by atoms with Crippen LogP contribution < -0.4 is 0 Å². The van der Waals surface area contributed by atoms with Crippen LogP contribution in [0, 0.1) is 11.6 Å². The molecule has 0 spiro atoms. The highest BCUT2D eigenvalue weighted by Crippen LogP contribution is 2.12. The van der Waals surface area contributed by atoms with E-state index in [-0.39, 0.29) is 12.2 Å². The van der Waals surface area contributed by atoms with Crippen molar-refractivity contribution in [3.63, 3.8) is 0 Å². The van der Waals surface area contributed by atoms with Gasteiger partial charge >= 0.3 is 5.97 Å². The number of esters is 1. The van der Waals surface area contributed by atoms with Gasteiger partial charge in [-0.15, -0.1) is 0 Å². The van der Waals surface area contributed by atoms with Crippen molar-refractivity contribution in [3.8, 4) is 0 Å². The van der Waals surface area contributed by atoms with Gasteiger partial charge in [-0.3, -0.25) is 0 Å². The first-order valence-corrected chi connectivity index (χ1v) is 6.77. The van der Waals surface area contributed by atoms with Gasteiger partial charge in [-0.2, -0.15) is 0 Å². The van der Waals surface area contributed by atoms with E-state index in [1.54, 1.807) is 0 Å². The average Bonchev–Trinajstić information content (AvgIpc) is 2.40. The van der Waals surface area contributed by atoms with Crippen LogP contribution in [0.25, 0.3) is 0 Å². The van der Waals surface area contributed by atoms with Crippen LogP contribution >= 0.6 is 0 Å². The molecule has 1 rings (SSSR count). The molecule has 0 amide bonds. The Morgan fingerprint density at radius 2 is 1.79 bits per heavy atom. The molecule has 0 aromatic heterocycles. The number of ether oxygens (including phenoxy) is 1. The lowest BCUT2D eigenvalue weighted by Gasteiger charge is -2.05. The second-order valence-electron chi connectivity index (χ2n) is 4.53. The summed E-state index contributed by atoms with van der Waals surface area (Å²) in [6, 6.07) is 2.76. The van der Waals surface area contributed by atoms with Crippen LogP contribution in [0.3, 0.4) is 0 Å². The van der Waals surface area contributed by atoms with Crippen molar-refractivity contribution in [3.05, 3.63) is 35.4 Å². The largest absolute Gasteiger partial charge is 0.462 e. The molecule has 106 valence electrons. The van der Waals surface area contributed by atoms with E-state index >= 15 is 0 Å². The van der Waals surface area contributed by atoms with Gasteiger partial charge in [-0.05, 0) is 24.6 Å². The molecule has 0 aliphatic rings. The Kier molecular flexibility index (Phi) is 7.08. The summed E-state index contributed by atoms with van der Waals surface area (Å²) in [6.07, 6.45) is 6.44. The highest BCUT2D eigenvalue weighted by atomic mass is 19.1. The first-order valence-electron chi connectivity index (χ1n) is 6.77. The lowest BCUT2D eigenvalue weighted by atomic mass is 10.1. The summed E-state index contributed by atoms with van der Waals surface area (Å²) in [5.74, 6) is -2.20. The maximum atomic E-state index is 13.3. The van der Waals surface area contributed by atoms with E-state index in [1.165, 1.54) is 19.3 Å². The number of halogens is 2. The molecule has 4 heteroatoms. The Bertz CT molecular complexity index is 405. The Morgan fingerprint density at radius 1 is 1.11 bits per heavy atom. The van der Waals surface area contributed by atoms with Crippen molar-refractivity contribution in [1.29, 1.82) is 0 Å². The number of hydrogen-bond donors (Lipinski definition) is 0. The van der Waals surface area contributed by atoms with Crippen LogP contribution in [0.2, 0.25) is 0 Å². The number of rotatable bonds is 8. The predicted octanol–water partition coefficient (Wildman–Crippen LogP) is 4.48. The molecule has 2 nitrogen and oxygen atoms in total. The summed E-state index contributed by atoms with van der Waals surface area (Å²) in [4.78, 5) is 11.5. The van der Waals surface area contributed by atoms with Gasteiger partial charge in [0.1, 0.15) is 11.6 Å². The minimum atomic E-state index is -0.800. The van der Waals surface area contributed by atoms with Gasteiger partial charge in [-0.1, -0.05) is 39.0 Å². The summed E-state index contributed by atoms with van der Waals surface area (Å²) < 4.78 is 31.1. The number of carbonyl (C=O) groups is 1. The zero-order valence-corrected chi connectivity index (χ0v) is 11.3. The van der Waals surface area contributed by atoms with Crippen molar-refractivity contribution in [2.24, 2.45) is 0 Å². The second-order valence-corrected chi connectivity index (χ2v) is 4.53. The van der Waals surface area contributed by atoms with Crippen LogP contribution in [0.15, 0.2) is 18.2 Å². The monoisotopic (exact) mass is 270 g/mol. The molecule has 0 fully saturated rings. The Morgan fingerprint density at radius 3 is 2.53 bits per heavy atom. The molecule has 0 atom stereocenters. The smallest absolute Gasteiger partial charge is 0.341 e. The molecule has 0 saturated carbocycles. The molecule has 0 aliphatic carbocycles. The summed E-state index contributed by atoms with van der Waals surface area (Å²) in [5.41, 5.74) is -0.342. The Balaban J connectivity index is 2.26. The van der Waals surface area contributed by atoms with Gasteiger partial charge in [0, 0.05) is 0 Å². The summed E-state index contributed by atoms with van der Waals surface area (Å²) >= 11 is 0. The van der Waals surface area contributed by atoms with Gasteiger partial charge in [0.05, 0.1) is 12.2 Å². The fourth-order valence-electron chi connectivity index (χ4n) is 1.78. The van der Waals surface area contributed by atoms with Crippen LogP contribution in [0.5, 0.6) is 0 Å². The summed E-state index contributed by atoms with van der Waals surface area (Å²) in [6.45, 7) is 2.40. The topological polar surface area (TPSA) is 26.3 Å². The van der Waals surface area contributed by atoms with Gasteiger partial charge < -0.3 is 4.74 Å². The van der Waals surface area contributed by atoms with E-state index in [1.807, 2.05) is 0 Å².